The van der Waals surface area contributed by atoms with Crippen molar-refractivity contribution in [2.75, 3.05) is 13.7 Å². The third-order valence-corrected chi connectivity index (χ3v) is 5.59. The molecule has 35 heavy (non-hydrogen) atoms. The van der Waals surface area contributed by atoms with Crippen molar-refractivity contribution < 1.29 is 18.7 Å². The molecule has 0 saturated heterocycles. The fourth-order valence-corrected chi connectivity index (χ4v) is 3.74. The van der Waals surface area contributed by atoms with Crippen LogP contribution in [0, 0.1) is 5.82 Å². The van der Waals surface area contributed by atoms with E-state index < -0.39 is 5.82 Å². The summed E-state index contributed by atoms with van der Waals surface area (Å²) in [4.78, 5) is 19.3. The quantitative estimate of drug-likeness (QED) is 0.299. The third-order valence-electron chi connectivity index (χ3n) is 5.59. The highest BCUT2D eigenvalue weighted by Gasteiger charge is 2.20. The molecule has 0 radical (unpaired) electrons. The maximum Gasteiger partial charge on any atom is 0.257 e. The summed E-state index contributed by atoms with van der Waals surface area (Å²) in [6, 6.07) is 27.2. The number of halogens is 1. The van der Waals surface area contributed by atoms with E-state index >= 15 is 0 Å². The molecule has 0 saturated carbocycles. The Morgan fingerprint density at radius 3 is 2.40 bits per heavy atom. The van der Waals surface area contributed by atoms with Crippen LogP contribution < -0.4 is 9.47 Å². The van der Waals surface area contributed by atoms with Crippen molar-refractivity contribution in [3.63, 3.8) is 0 Å². The maximum absolute atomic E-state index is 14.4. The molecule has 0 spiro atoms. The molecular formula is C29H27FN2O3. The highest BCUT2D eigenvalue weighted by atomic mass is 19.1. The first-order valence-electron chi connectivity index (χ1n) is 11.4. The minimum atomic E-state index is -0.539. The van der Waals surface area contributed by atoms with Gasteiger partial charge in [-0.3, -0.25) is 9.78 Å². The molecule has 6 heteroatoms. The summed E-state index contributed by atoms with van der Waals surface area (Å²) in [6.45, 7) is 1.09. The number of hydrogen-bond donors (Lipinski definition) is 0. The second-order valence-electron chi connectivity index (χ2n) is 8.04. The number of aromatic nitrogens is 1. The first kappa shape index (κ1) is 24.0. The lowest BCUT2D eigenvalue weighted by molar-refractivity contribution is 0.0740. The molecule has 1 amide bonds. The van der Waals surface area contributed by atoms with Crippen LogP contribution in [-0.2, 0) is 19.6 Å². The molecule has 4 rings (SSSR count). The standard InChI is InChI=1S/C29H27FN2O3/c1-34-28-19-23(14-15-27(28)35-21-22-9-3-2-4-10-22)20-32(18-16-24-11-7-8-17-31-24)29(33)25-12-5-6-13-26(25)30/h2-15,17,19H,16,18,20-21H2,1H3. The summed E-state index contributed by atoms with van der Waals surface area (Å²) in [5.74, 6) is 0.270. The zero-order valence-electron chi connectivity index (χ0n) is 19.6. The topological polar surface area (TPSA) is 51.7 Å². The molecule has 1 aromatic heterocycles. The average molecular weight is 471 g/mol. The molecule has 0 fully saturated rings. The van der Waals surface area contributed by atoms with Gasteiger partial charge in [0.2, 0.25) is 0 Å². The summed E-state index contributed by atoms with van der Waals surface area (Å²) in [7, 11) is 1.58. The van der Waals surface area contributed by atoms with E-state index in [1.807, 2.05) is 66.7 Å². The first-order chi connectivity index (χ1) is 17.1. The fraction of sp³-hybridized carbons (Fsp3) is 0.172. The molecule has 5 nitrogen and oxygen atoms in total. The molecule has 0 unspecified atom stereocenters. The monoisotopic (exact) mass is 470 g/mol. The van der Waals surface area contributed by atoms with Crippen LogP contribution in [-0.4, -0.2) is 29.4 Å². The maximum atomic E-state index is 14.4. The van der Waals surface area contributed by atoms with Crippen molar-refractivity contribution in [2.24, 2.45) is 0 Å². The number of ether oxygens (including phenoxy) is 2. The molecule has 0 bridgehead atoms. The summed E-state index contributed by atoms with van der Waals surface area (Å²) < 4.78 is 25.9. The van der Waals surface area contributed by atoms with E-state index in [-0.39, 0.29) is 18.0 Å². The smallest absolute Gasteiger partial charge is 0.257 e. The largest absolute Gasteiger partial charge is 0.493 e. The third kappa shape index (κ3) is 6.44. The predicted molar refractivity (Wildman–Crippen MR) is 133 cm³/mol. The van der Waals surface area contributed by atoms with Gasteiger partial charge in [0, 0.05) is 31.4 Å². The minimum absolute atomic E-state index is 0.0447. The van der Waals surface area contributed by atoms with Crippen LogP contribution in [0.4, 0.5) is 4.39 Å². The molecule has 3 aromatic carbocycles. The number of pyridine rings is 1. The Hall–Kier alpha value is -4.19. The van der Waals surface area contributed by atoms with Crippen LogP contribution in [0.3, 0.4) is 0 Å². The lowest BCUT2D eigenvalue weighted by Crippen LogP contribution is -2.33. The van der Waals surface area contributed by atoms with Crippen LogP contribution >= 0.6 is 0 Å². The minimum Gasteiger partial charge on any atom is -0.493 e. The van der Waals surface area contributed by atoms with E-state index in [2.05, 4.69) is 4.98 Å². The second-order valence-corrected chi connectivity index (χ2v) is 8.04. The Morgan fingerprint density at radius 1 is 0.886 bits per heavy atom. The number of nitrogens with zero attached hydrogens (tertiary/aromatic N) is 2. The van der Waals surface area contributed by atoms with Crippen LogP contribution in [0.1, 0.15) is 27.2 Å². The molecule has 4 aromatic rings. The number of amides is 1. The van der Waals surface area contributed by atoms with Gasteiger partial charge in [-0.25, -0.2) is 4.39 Å². The van der Waals surface area contributed by atoms with Gasteiger partial charge in [0.15, 0.2) is 11.5 Å². The summed E-state index contributed by atoms with van der Waals surface area (Å²) >= 11 is 0. The van der Waals surface area contributed by atoms with E-state index in [0.717, 1.165) is 16.8 Å². The Labute approximate surface area is 204 Å². The Morgan fingerprint density at radius 2 is 1.66 bits per heavy atom. The molecule has 0 atom stereocenters. The number of carbonyl (C=O) groups excluding carboxylic acids is 1. The molecular weight excluding hydrogens is 443 g/mol. The number of methoxy groups -OCH3 is 1. The molecule has 0 aliphatic carbocycles. The Bertz CT molecular complexity index is 1250. The summed E-state index contributed by atoms with van der Waals surface area (Å²) in [5.41, 5.74) is 2.80. The van der Waals surface area contributed by atoms with Crippen molar-refractivity contribution in [2.45, 2.75) is 19.6 Å². The molecule has 178 valence electrons. The van der Waals surface area contributed by atoms with Crippen molar-refractivity contribution in [3.8, 4) is 11.5 Å². The van der Waals surface area contributed by atoms with Gasteiger partial charge in [0.05, 0.1) is 12.7 Å². The number of carbonyl (C=O) groups is 1. The van der Waals surface area contributed by atoms with Gasteiger partial charge in [-0.15, -0.1) is 0 Å². The lowest BCUT2D eigenvalue weighted by Gasteiger charge is -2.24. The Balaban J connectivity index is 1.53. The first-order valence-corrected chi connectivity index (χ1v) is 11.4. The van der Waals surface area contributed by atoms with Crippen molar-refractivity contribution in [3.05, 3.63) is 125 Å². The van der Waals surface area contributed by atoms with Gasteiger partial charge < -0.3 is 14.4 Å². The summed E-state index contributed by atoms with van der Waals surface area (Å²) in [5, 5.41) is 0. The van der Waals surface area contributed by atoms with E-state index in [9.17, 15) is 9.18 Å². The fourth-order valence-electron chi connectivity index (χ4n) is 3.74. The van der Waals surface area contributed by atoms with Crippen LogP contribution in [0.2, 0.25) is 0 Å². The van der Waals surface area contributed by atoms with Crippen LogP contribution in [0.15, 0.2) is 97.2 Å². The molecule has 0 N–H and O–H groups in total. The number of rotatable bonds is 10. The van der Waals surface area contributed by atoms with Gasteiger partial charge in [0.25, 0.3) is 5.91 Å². The van der Waals surface area contributed by atoms with Crippen molar-refractivity contribution in [1.29, 1.82) is 0 Å². The highest BCUT2D eigenvalue weighted by molar-refractivity contribution is 5.94. The van der Waals surface area contributed by atoms with E-state index in [1.54, 1.807) is 30.3 Å². The predicted octanol–water partition coefficient (Wildman–Crippen LogP) is 5.69. The van der Waals surface area contributed by atoms with Crippen LogP contribution in [0.25, 0.3) is 0 Å². The Kier molecular flexibility index (Phi) is 8.07. The molecule has 0 aliphatic rings. The van der Waals surface area contributed by atoms with E-state index in [4.69, 9.17) is 9.47 Å². The van der Waals surface area contributed by atoms with Crippen LogP contribution in [0.5, 0.6) is 11.5 Å². The zero-order valence-corrected chi connectivity index (χ0v) is 19.6. The average Bonchev–Trinajstić information content (AvgIpc) is 2.91. The number of benzene rings is 3. The van der Waals surface area contributed by atoms with Gasteiger partial charge >= 0.3 is 0 Å². The molecule has 0 aliphatic heterocycles. The van der Waals surface area contributed by atoms with Crippen molar-refractivity contribution in [1.82, 2.24) is 9.88 Å². The van der Waals surface area contributed by atoms with E-state index in [0.29, 0.717) is 31.1 Å². The second kappa shape index (κ2) is 11.8. The normalized spacial score (nSPS) is 10.6. The SMILES string of the molecule is COc1cc(CN(CCc2ccccn2)C(=O)c2ccccc2F)ccc1OCc1ccccc1. The number of hydrogen-bond acceptors (Lipinski definition) is 4. The van der Waals surface area contributed by atoms with Gasteiger partial charge in [-0.05, 0) is 47.5 Å². The summed E-state index contributed by atoms with van der Waals surface area (Å²) in [6.07, 6.45) is 2.27. The van der Waals surface area contributed by atoms with Crippen molar-refractivity contribution >= 4 is 5.91 Å². The molecule has 1 heterocycles. The zero-order chi connectivity index (χ0) is 24.5. The highest BCUT2D eigenvalue weighted by Crippen LogP contribution is 2.29. The van der Waals surface area contributed by atoms with Gasteiger partial charge in [-0.2, -0.15) is 0 Å². The van der Waals surface area contributed by atoms with Gasteiger partial charge in [-0.1, -0.05) is 54.6 Å². The lowest BCUT2D eigenvalue weighted by atomic mass is 10.1. The van der Waals surface area contributed by atoms with Gasteiger partial charge in [0.1, 0.15) is 12.4 Å². The van der Waals surface area contributed by atoms with E-state index in [1.165, 1.54) is 12.1 Å².